The van der Waals surface area contributed by atoms with Crippen LogP contribution in [0, 0.1) is 12.7 Å². The standard InChI is InChI=1S/C12H16FNO2.ClH/c1-3-16-12(15)7-11(14)9-5-4-8(2)6-10(9)13;/h4-6,11H,3,7,14H2,1-2H3;1H/t11-;/m0./s1. The summed E-state index contributed by atoms with van der Waals surface area (Å²) < 4.78 is 18.3. The summed E-state index contributed by atoms with van der Waals surface area (Å²) in [6, 6.07) is 4.12. The van der Waals surface area contributed by atoms with Gasteiger partial charge in [0.1, 0.15) is 5.82 Å². The average molecular weight is 262 g/mol. The maximum atomic E-state index is 13.5. The van der Waals surface area contributed by atoms with Crippen molar-refractivity contribution in [1.82, 2.24) is 0 Å². The zero-order valence-corrected chi connectivity index (χ0v) is 10.7. The molecule has 1 atom stereocenters. The zero-order valence-electron chi connectivity index (χ0n) is 9.90. The van der Waals surface area contributed by atoms with Crippen LogP contribution in [0.5, 0.6) is 0 Å². The van der Waals surface area contributed by atoms with Gasteiger partial charge in [-0.15, -0.1) is 12.4 Å². The van der Waals surface area contributed by atoms with E-state index in [9.17, 15) is 9.18 Å². The number of carbonyl (C=O) groups excluding carboxylic acids is 1. The van der Waals surface area contributed by atoms with Gasteiger partial charge in [-0.25, -0.2) is 4.39 Å². The van der Waals surface area contributed by atoms with E-state index in [0.717, 1.165) is 5.56 Å². The molecule has 1 rings (SSSR count). The van der Waals surface area contributed by atoms with Crippen LogP contribution in [0.25, 0.3) is 0 Å². The fourth-order valence-corrected chi connectivity index (χ4v) is 1.44. The second kappa shape index (κ2) is 7.25. The van der Waals surface area contributed by atoms with E-state index in [1.165, 1.54) is 6.07 Å². The molecule has 0 aliphatic heterocycles. The van der Waals surface area contributed by atoms with E-state index in [1.807, 2.05) is 0 Å². The van der Waals surface area contributed by atoms with Crippen molar-refractivity contribution in [2.24, 2.45) is 5.73 Å². The molecule has 0 saturated carbocycles. The number of aryl methyl sites for hydroxylation is 1. The highest BCUT2D eigenvalue weighted by Crippen LogP contribution is 2.19. The van der Waals surface area contributed by atoms with E-state index in [1.54, 1.807) is 26.0 Å². The zero-order chi connectivity index (χ0) is 12.1. The molecule has 2 N–H and O–H groups in total. The van der Waals surface area contributed by atoms with Crippen LogP contribution in [0.15, 0.2) is 18.2 Å². The normalized spacial score (nSPS) is 11.5. The van der Waals surface area contributed by atoms with Gasteiger partial charge in [0.15, 0.2) is 0 Å². The first kappa shape index (κ1) is 15.9. The molecule has 3 nitrogen and oxygen atoms in total. The molecule has 0 aliphatic carbocycles. The fourth-order valence-electron chi connectivity index (χ4n) is 1.44. The van der Waals surface area contributed by atoms with Gasteiger partial charge < -0.3 is 10.5 Å². The average Bonchev–Trinajstić information content (AvgIpc) is 2.17. The van der Waals surface area contributed by atoms with Crippen LogP contribution in [0.2, 0.25) is 0 Å². The second-order valence-electron chi connectivity index (χ2n) is 3.64. The Kier molecular flexibility index (Phi) is 6.76. The van der Waals surface area contributed by atoms with Crippen LogP contribution in [0.1, 0.15) is 30.5 Å². The van der Waals surface area contributed by atoms with Crippen molar-refractivity contribution in [3.05, 3.63) is 35.1 Å². The van der Waals surface area contributed by atoms with Gasteiger partial charge in [0.25, 0.3) is 0 Å². The van der Waals surface area contributed by atoms with Crippen molar-refractivity contribution in [2.45, 2.75) is 26.3 Å². The van der Waals surface area contributed by atoms with E-state index in [4.69, 9.17) is 10.5 Å². The van der Waals surface area contributed by atoms with Crippen LogP contribution in [0.3, 0.4) is 0 Å². The largest absolute Gasteiger partial charge is 0.466 e. The molecule has 5 heteroatoms. The van der Waals surface area contributed by atoms with Gasteiger partial charge in [-0.3, -0.25) is 4.79 Å². The number of carbonyl (C=O) groups is 1. The van der Waals surface area contributed by atoms with Crippen LogP contribution in [-0.4, -0.2) is 12.6 Å². The molecular formula is C12H17ClFNO2. The summed E-state index contributed by atoms with van der Waals surface area (Å²) in [5.41, 5.74) is 6.91. The lowest BCUT2D eigenvalue weighted by Crippen LogP contribution is -2.18. The highest BCUT2D eigenvalue weighted by atomic mass is 35.5. The van der Waals surface area contributed by atoms with Crippen LogP contribution >= 0.6 is 12.4 Å². The Labute approximate surface area is 107 Å². The van der Waals surface area contributed by atoms with E-state index >= 15 is 0 Å². The predicted molar refractivity (Wildman–Crippen MR) is 66.6 cm³/mol. The minimum absolute atomic E-state index is 0. The Morgan fingerprint density at radius 3 is 2.71 bits per heavy atom. The molecule has 1 aromatic rings. The van der Waals surface area contributed by atoms with E-state index < -0.39 is 12.0 Å². The van der Waals surface area contributed by atoms with Crippen molar-refractivity contribution in [3.63, 3.8) is 0 Å². The summed E-state index contributed by atoms with van der Waals surface area (Å²) in [5, 5.41) is 0. The predicted octanol–water partition coefficient (Wildman–Crippen LogP) is 2.51. The molecule has 0 aromatic heterocycles. The Hall–Kier alpha value is -1.13. The van der Waals surface area contributed by atoms with E-state index in [-0.39, 0.29) is 24.6 Å². The van der Waals surface area contributed by atoms with E-state index in [2.05, 4.69) is 0 Å². The third-order valence-electron chi connectivity index (χ3n) is 2.25. The number of ether oxygens (including phenoxy) is 1. The summed E-state index contributed by atoms with van der Waals surface area (Å²) in [4.78, 5) is 11.2. The smallest absolute Gasteiger partial charge is 0.307 e. The quantitative estimate of drug-likeness (QED) is 0.848. The first-order valence-electron chi connectivity index (χ1n) is 5.21. The third-order valence-corrected chi connectivity index (χ3v) is 2.25. The van der Waals surface area contributed by atoms with Crippen molar-refractivity contribution < 1.29 is 13.9 Å². The first-order valence-corrected chi connectivity index (χ1v) is 5.21. The minimum Gasteiger partial charge on any atom is -0.466 e. The van der Waals surface area contributed by atoms with Gasteiger partial charge in [-0.05, 0) is 25.5 Å². The maximum Gasteiger partial charge on any atom is 0.307 e. The Balaban J connectivity index is 0.00000256. The summed E-state index contributed by atoms with van der Waals surface area (Å²) in [7, 11) is 0. The Morgan fingerprint density at radius 2 is 2.18 bits per heavy atom. The molecule has 0 unspecified atom stereocenters. The Bertz CT molecular complexity index is 385. The lowest BCUT2D eigenvalue weighted by molar-refractivity contribution is -0.143. The molecule has 0 fully saturated rings. The van der Waals surface area contributed by atoms with Gasteiger partial charge in [-0.1, -0.05) is 12.1 Å². The summed E-state index contributed by atoms with van der Waals surface area (Å²) in [6.07, 6.45) is -0.00613. The number of halogens is 2. The Morgan fingerprint density at radius 1 is 1.53 bits per heavy atom. The highest BCUT2D eigenvalue weighted by molar-refractivity contribution is 5.85. The second-order valence-corrected chi connectivity index (χ2v) is 3.64. The van der Waals surface area contributed by atoms with Crippen LogP contribution in [0.4, 0.5) is 4.39 Å². The maximum absolute atomic E-state index is 13.5. The lowest BCUT2D eigenvalue weighted by Gasteiger charge is -2.12. The van der Waals surface area contributed by atoms with Crippen LogP contribution < -0.4 is 5.73 Å². The molecule has 0 aliphatic rings. The molecule has 0 saturated heterocycles. The van der Waals surface area contributed by atoms with Gasteiger partial charge in [0, 0.05) is 11.6 Å². The lowest BCUT2D eigenvalue weighted by atomic mass is 10.0. The molecule has 96 valence electrons. The van der Waals surface area contributed by atoms with Crippen molar-refractivity contribution in [2.75, 3.05) is 6.61 Å². The van der Waals surface area contributed by atoms with Crippen molar-refractivity contribution >= 4 is 18.4 Å². The summed E-state index contributed by atoms with van der Waals surface area (Å²) in [5.74, 6) is -0.785. The molecule has 0 amide bonds. The summed E-state index contributed by atoms with van der Waals surface area (Å²) >= 11 is 0. The van der Waals surface area contributed by atoms with Gasteiger partial charge >= 0.3 is 5.97 Å². The van der Waals surface area contributed by atoms with Crippen LogP contribution in [-0.2, 0) is 9.53 Å². The van der Waals surface area contributed by atoms with Gasteiger partial charge in [-0.2, -0.15) is 0 Å². The molecule has 0 radical (unpaired) electrons. The topological polar surface area (TPSA) is 52.3 Å². The number of hydrogen-bond donors (Lipinski definition) is 1. The number of rotatable bonds is 4. The SMILES string of the molecule is CCOC(=O)C[C@H](N)c1ccc(C)cc1F.Cl. The number of hydrogen-bond acceptors (Lipinski definition) is 3. The molecular weight excluding hydrogens is 245 g/mol. The molecule has 17 heavy (non-hydrogen) atoms. The molecule has 0 heterocycles. The monoisotopic (exact) mass is 261 g/mol. The number of benzene rings is 1. The number of esters is 1. The van der Waals surface area contributed by atoms with Gasteiger partial charge in [0.2, 0.25) is 0 Å². The highest BCUT2D eigenvalue weighted by Gasteiger charge is 2.15. The third kappa shape index (κ3) is 4.71. The van der Waals surface area contributed by atoms with Gasteiger partial charge in [0.05, 0.1) is 13.0 Å². The number of nitrogens with two attached hydrogens (primary N) is 1. The summed E-state index contributed by atoms with van der Waals surface area (Å²) in [6.45, 7) is 3.82. The minimum atomic E-state index is -0.653. The fraction of sp³-hybridized carbons (Fsp3) is 0.417. The molecule has 1 aromatic carbocycles. The van der Waals surface area contributed by atoms with Crippen molar-refractivity contribution in [1.29, 1.82) is 0 Å². The molecule has 0 spiro atoms. The van der Waals surface area contributed by atoms with Crippen molar-refractivity contribution in [3.8, 4) is 0 Å². The first-order chi connectivity index (χ1) is 7.54. The molecule has 0 bridgehead atoms. The van der Waals surface area contributed by atoms with E-state index in [0.29, 0.717) is 12.2 Å².